The van der Waals surface area contributed by atoms with Crippen molar-refractivity contribution in [3.8, 4) is 0 Å². The van der Waals surface area contributed by atoms with Gasteiger partial charge in [0.15, 0.2) is 0 Å². The van der Waals surface area contributed by atoms with E-state index in [1.54, 1.807) is 0 Å². The van der Waals surface area contributed by atoms with Crippen LogP contribution in [-0.4, -0.2) is 4.98 Å². The van der Waals surface area contributed by atoms with E-state index < -0.39 is 0 Å². The van der Waals surface area contributed by atoms with E-state index in [4.69, 9.17) is 0 Å². The Labute approximate surface area is 117 Å². The van der Waals surface area contributed by atoms with Gasteiger partial charge in [0.1, 0.15) is 0 Å². The van der Waals surface area contributed by atoms with E-state index in [1.807, 2.05) is 60.8 Å². The predicted octanol–water partition coefficient (Wildman–Crippen LogP) is 2.85. The molecule has 1 aromatic heterocycles. The van der Waals surface area contributed by atoms with Crippen LogP contribution >= 0.6 is 0 Å². The van der Waals surface area contributed by atoms with E-state index in [9.17, 15) is 0 Å². The SMILES string of the molecule is C=C1C=c2ccccc2=N1.c1ccc2ncccc2c1. The molecule has 0 fully saturated rings. The van der Waals surface area contributed by atoms with Gasteiger partial charge < -0.3 is 0 Å². The van der Waals surface area contributed by atoms with Crippen LogP contribution in [0.3, 0.4) is 0 Å². The van der Waals surface area contributed by atoms with Gasteiger partial charge in [-0.2, -0.15) is 0 Å². The molecule has 0 amide bonds. The summed E-state index contributed by atoms with van der Waals surface area (Å²) in [4.78, 5) is 8.38. The van der Waals surface area contributed by atoms with Crippen molar-refractivity contribution in [2.75, 3.05) is 0 Å². The Hall–Kier alpha value is -2.74. The van der Waals surface area contributed by atoms with Crippen molar-refractivity contribution in [3.63, 3.8) is 0 Å². The largest absolute Gasteiger partial charge is 0.256 e. The van der Waals surface area contributed by atoms with Crippen LogP contribution in [0, 0.1) is 0 Å². The fourth-order valence-electron chi connectivity index (χ4n) is 2.09. The molecule has 0 radical (unpaired) electrons. The molecule has 2 nitrogen and oxygen atoms in total. The molecule has 3 aromatic rings. The lowest BCUT2D eigenvalue weighted by Crippen LogP contribution is -2.19. The standard InChI is InChI=1S/2C9H7N/c1-7-6-8-4-2-3-5-9(8)10-7;1-2-6-9-8(4-1)5-3-7-10-9/h2-6H,1H2;1-7H. The number of allylic oxidation sites excluding steroid dienone is 1. The number of rotatable bonds is 0. The highest BCUT2D eigenvalue weighted by Crippen LogP contribution is 2.07. The monoisotopic (exact) mass is 258 g/mol. The van der Waals surface area contributed by atoms with Crippen molar-refractivity contribution in [2.24, 2.45) is 4.99 Å². The van der Waals surface area contributed by atoms with Gasteiger partial charge >= 0.3 is 0 Å². The first-order valence-electron chi connectivity index (χ1n) is 6.47. The molecule has 0 atom stereocenters. The highest BCUT2D eigenvalue weighted by molar-refractivity contribution is 5.77. The molecule has 2 heterocycles. The Balaban J connectivity index is 0.000000121. The maximum atomic E-state index is 4.20. The smallest absolute Gasteiger partial charge is 0.0709 e. The zero-order chi connectivity index (χ0) is 13.8. The molecule has 0 spiro atoms. The normalized spacial score (nSPS) is 11.9. The number of aromatic nitrogens is 1. The van der Waals surface area contributed by atoms with E-state index in [2.05, 4.69) is 28.7 Å². The van der Waals surface area contributed by atoms with Crippen LogP contribution in [0.5, 0.6) is 0 Å². The van der Waals surface area contributed by atoms with E-state index in [0.29, 0.717) is 0 Å². The van der Waals surface area contributed by atoms with Crippen molar-refractivity contribution in [2.45, 2.75) is 0 Å². The van der Waals surface area contributed by atoms with Crippen molar-refractivity contribution < 1.29 is 0 Å². The third-order valence-corrected chi connectivity index (χ3v) is 3.04. The van der Waals surface area contributed by atoms with Gasteiger partial charge in [0, 0.05) is 16.8 Å². The first-order valence-corrected chi connectivity index (χ1v) is 6.47. The maximum Gasteiger partial charge on any atom is 0.0709 e. The number of benzene rings is 2. The maximum absolute atomic E-state index is 4.20. The molecular formula is C18H14N2. The molecule has 20 heavy (non-hydrogen) atoms. The summed E-state index contributed by atoms with van der Waals surface area (Å²) in [6.45, 7) is 3.75. The second-order valence-electron chi connectivity index (χ2n) is 4.50. The summed E-state index contributed by atoms with van der Waals surface area (Å²) in [5, 5.41) is 3.41. The Morgan fingerprint density at radius 3 is 2.40 bits per heavy atom. The zero-order valence-corrected chi connectivity index (χ0v) is 11.0. The minimum Gasteiger partial charge on any atom is -0.256 e. The number of nitrogens with zero attached hydrogens (tertiary/aromatic N) is 2. The Morgan fingerprint density at radius 1 is 0.800 bits per heavy atom. The minimum absolute atomic E-state index is 0.848. The third kappa shape index (κ3) is 2.64. The highest BCUT2D eigenvalue weighted by Gasteiger charge is 1.94. The van der Waals surface area contributed by atoms with Gasteiger partial charge in [-0.25, -0.2) is 4.99 Å². The van der Waals surface area contributed by atoms with Gasteiger partial charge in [-0.3, -0.25) is 4.98 Å². The molecule has 0 saturated heterocycles. The molecule has 0 saturated carbocycles. The fraction of sp³-hybridized carbons (Fsp3) is 0. The van der Waals surface area contributed by atoms with Crippen LogP contribution in [-0.2, 0) is 0 Å². The van der Waals surface area contributed by atoms with Crippen LogP contribution in [0.2, 0.25) is 0 Å². The molecule has 1 aliphatic heterocycles. The Bertz CT molecular complexity index is 777. The summed E-state index contributed by atoms with van der Waals surface area (Å²) in [5.74, 6) is 0. The van der Waals surface area contributed by atoms with Crippen LogP contribution in [0.15, 0.2) is 84.1 Å². The molecule has 2 heteroatoms. The molecule has 4 rings (SSSR count). The van der Waals surface area contributed by atoms with E-state index in [1.165, 1.54) is 10.6 Å². The molecule has 1 aliphatic rings. The molecule has 0 aliphatic carbocycles. The van der Waals surface area contributed by atoms with Gasteiger partial charge in [0.2, 0.25) is 0 Å². The average Bonchev–Trinajstić information content (AvgIpc) is 2.88. The molecule has 2 aromatic carbocycles. The van der Waals surface area contributed by atoms with E-state index >= 15 is 0 Å². The molecular weight excluding hydrogens is 244 g/mol. The summed E-state index contributed by atoms with van der Waals surface area (Å²) in [7, 11) is 0. The second-order valence-corrected chi connectivity index (χ2v) is 4.50. The lowest BCUT2D eigenvalue weighted by atomic mass is 10.2. The molecule has 0 bridgehead atoms. The molecule has 0 unspecified atom stereocenters. The van der Waals surface area contributed by atoms with Gasteiger partial charge in [0.05, 0.1) is 16.6 Å². The van der Waals surface area contributed by atoms with Crippen LogP contribution in [0.25, 0.3) is 17.0 Å². The zero-order valence-electron chi connectivity index (χ0n) is 11.0. The van der Waals surface area contributed by atoms with Crippen LogP contribution < -0.4 is 10.6 Å². The number of para-hydroxylation sites is 2. The number of fused-ring (bicyclic) bond motifs is 2. The first kappa shape index (κ1) is 12.3. The van der Waals surface area contributed by atoms with Crippen molar-refractivity contribution in [3.05, 3.63) is 89.7 Å². The molecule has 96 valence electrons. The van der Waals surface area contributed by atoms with Crippen LogP contribution in [0.4, 0.5) is 0 Å². The van der Waals surface area contributed by atoms with Gasteiger partial charge in [0.25, 0.3) is 0 Å². The number of hydrogen-bond donors (Lipinski definition) is 0. The van der Waals surface area contributed by atoms with E-state index in [0.717, 1.165) is 16.6 Å². The number of hydrogen-bond acceptors (Lipinski definition) is 2. The van der Waals surface area contributed by atoms with Crippen molar-refractivity contribution in [1.29, 1.82) is 0 Å². The quantitative estimate of drug-likeness (QED) is 0.608. The van der Waals surface area contributed by atoms with Crippen molar-refractivity contribution >= 4 is 17.0 Å². The van der Waals surface area contributed by atoms with Crippen LogP contribution in [0.1, 0.15) is 0 Å². The number of pyridine rings is 1. The molecule has 0 N–H and O–H groups in total. The fourth-order valence-corrected chi connectivity index (χ4v) is 2.09. The Kier molecular flexibility index (Phi) is 3.38. The minimum atomic E-state index is 0.848. The van der Waals surface area contributed by atoms with Gasteiger partial charge in [-0.05, 0) is 24.3 Å². The summed E-state index contributed by atoms with van der Waals surface area (Å²) < 4.78 is 0. The second kappa shape index (κ2) is 5.49. The lowest BCUT2D eigenvalue weighted by molar-refractivity contribution is 1.33. The van der Waals surface area contributed by atoms with Gasteiger partial charge in [-0.15, -0.1) is 0 Å². The third-order valence-electron chi connectivity index (χ3n) is 3.04. The van der Waals surface area contributed by atoms with Crippen molar-refractivity contribution in [1.82, 2.24) is 4.98 Å². The topological polar surface area (TPSA) is 25.2 Å². The summed E-state index contributed by atoms with van der Waals surface area (Å²) in [5.41, 5.74) is 1.91. The summed E-state index contributed by atoms with van der Waals surface area (Å²) >= 11 is 0. The van der Waals surface area contributed by atoms with Gasteiger partial charge in [-0.1, -0.05) is 49.0 Å². The summed E-state index contributed by atoms with van der Waals surface area (Å²) in [6.07, 6.45) is 3.79. The Morgan fingerprint density at radius 2 is 1.55 bits per heavy atom. The summed E-state index contributed by atoms with van der Waals surface area (Å²) in [6, 6.07) is 20.1. The first-order chi connectivity index (χ1) is 9.83. The highest BCUT2D eigenvalue weighted by atomic mass is 14.7. The predicted molar refractivity (Wildman–Crippen MR) is 82.6 cm³/mol. The lowest BCUT2D eigenvalue weighted by Gasteiger charge is -1.91. The van der Waals surface area contributed by atoms with E-state index in [-0.39, 0.29) is 0 Å². The average molecular weight is 258 g/mol.